The van der Waals surface area contributed by atoms with Gasteiger partial charge >= 0.3 is 5.97 Å². The number of allylic oxidation sites excluding steroid dienone is 6. The molecule has 4 aromatic rings. The van der Waals surface area contributed by atoms with Gasteiger partial charge < -0.3 is 66.7 Å². The van der Waals surface area contributed by atoms with E-state index in [1.54, 1.807) is 43.5 Å². The average Bonchev–Trinajstić information content (AvgIpc) is 1.52. The summed E-state index contributed by atoms with van der Waals surface area (Å²) in [5.74, 6) is -3.20. The Morgan fingerprint density at radius 2 is 0.981 bits per heavy atom. The van der Waals surface area contributed by atoms with Crippen molar-refractivity contribution in [2.75, 3.05) is 175 Å². The maximum Gasteiger partial charge on any atom is 0.335 e. The van der Waals surface area contributed by atoms with E-state index < -0.39 is 110 Å². The summed E-state index contributed by atoms with van der Waals surface area (Å²) in [4.78, 5) is 40.7. The highest BCUT2D eigenvalue weighted by Gasteiger charge is 2.47. The van der Waals surface area contributed by atoms with Crippen molar-refractivity contribution < 1.29 is 136 Å². The summed E-state index contributed by atoms with van der Waals surface area (Å²) < 4.78 is 244. The van der Waals surface area contributed by atoms with Crippen LogP contribution >= 0.6 is 0 Å². The molecule has 3 aliphatic heterocycles. The number of fused-ring (bicyclic) bond motifs is 6. The quantitative estimate of drug-likeness (QED) is 0.0136. The van der Waals surface area contributed by atoms with Crippen LogP contribution in [0, 0.1) is 5.92 Å². The van der Waals surface area contributed by atoms with Crippen molar-refractivity contribution in [1.29, 1.82) is 0 Å². The zero-order valence-corrected chi connectivity index (χ0v) is 65.2. The molecule has 1 saturated heterocycles. The Morgan fingerprint density at radius 1 is 0.519 bits per heavy atom. The number of carbonyl (C=O) groups is 3. The van der Waals surface area contributed by atoms with Crippen molar-refractivity contribution in [2.24, 2.45) is 5.92 Å². The number of ether oxygens (including phenoxy) is 11. The number of imide groups is 1. The molecule has 0 aliphatic carbocycles. The standard InChI is InChI=1S/C70H99N3O30S5/c1-6-11-52-46-51(69(2,21-10-45-104(77,78)79)67-57-47-53(105(80,81)82)49-61(107(86,87)88)55(57)14-16-59(67)71(52)23-27-92-4)12-8-7-9-13-63-70(3,22-26-95-32-35-99-38-37-97-30-29-93-5)68-58-48-54(106(83,84)85)50-62(108(89,90)91)56(58)15-17-60(68)72(63)24-28-96-33-36-100-40-42-102-44-43-101-41-39-98-34-31-94-25-20-66(76)103-73-64(74)18-19-65(73)75/h7-9,12-17,47-52H,6,10-11,18-46H2,1-5H3,(H,77,78,79)(H,80,81,82)(H,83,84,85)(H,86,87,88)(H,89,90,91)/b9-7+,12-8+,63-13+. The fourth-order valence-electron chi connectivity index (χ4n) is 13.5. The summed E-state index contributed by atoms with van der Waals surface area (Å²) in [5.41, 5.74) is -0.188. The molecule has 38 heteroatoms. The number of nitrogens with zero attached hydrogens (tertiary/aromatic N) is 3. The molecule has 1 fully saturated rings. The van der Waals surface area contributed by atoms with Crippen molar-refractivity contribution in [1.82, 2.24) is 5.06 Å². The SMILES string of the molecule is CCCC1CC(/C=C/C=C/C=C2/N(CCOCCOCCOCCOCCOCCOCCC(=O)ON3C(=O)CCC3=O)c3ccc4c(S(=O)(=O)O)cc(S(=O)(=O)O)cc4c3C2(C)CCOCCOCCOCCOC)C(C)(CCCS(=O)(=O)O)c2c(ccc3c(S(=O)(=O)O)cc(S(=O)(=O)O)cc23)N1CCOC. The van der Waals surface area contributed by atoms with Crippen molar-refractivity contribution in [2.45, 2.75) is 115 Å². The third kappa shape index (κ3) is 25.2. The number of anilines is 2. The van der Waals surface area contributed by atoms with Crippen molar-refractivity contribution in [3.63, 3.8) is 0 Å². The Labute approximate surface area is 630 Å². The molecule has 0 aromatic heterocycles. The minimum atomic E-state index is -5.18. The van der Waals surface area contributed by atoms with Gasteiger partial charge in [0.25, 0.3) is 62.4 Å². The normalized spacial score (nSPS) is 19.3. The van der Waals surface area contributed by atoms with Crippen LogP contribution in [0.4, 0.5) is 11.4 Å². The number of hydrogen-bond acceptors (Lipinski definition) is 27. The summed E-state index contributed by atoms with van der Waals surface area (Å²) in [5, 5.41) is 0.389. The number of methoxy groups -OCH3 is 2. The maximum absolute atomic E-state index is 13.2. The highest BCUT2D eigenvalue weighted by molar-refractivity contribution is 7.87. The van der Waals surface area contributed by atoms with E-state index in [9.17, 15) is 79.2 Å². The first-order valence-electron chi connectivity index (χ1n) is 35.1. The second kappa shape index (κ2) is 41.5. The Hall–Kier alpha value is -6.06. The average molecular weight is 1620 g/mol. The Balaban J connectivity index is 1.15. The van der Waals surface area contributed by atoms with E-state index in [-0.39, 0.29) is 192 Å². The molecule has 0 bridgehead atoms. The van der Waals surface area contributed by atoms with Gasteiger partial charge in [-0.2, -0.15) is 42.1 Å². The Morgan fingerprint density at radius 3 is 1.45 bits per heavy atom. The van der Waals surface area contributed by atoms with E-state index in [0.717, 1.165) is 12.1 Å². The van der Waals surface area contributed by atoms with Gasteiger partial charge in [0.05, 0.1) is 147 Å². The van der Waals surface area contributed by atoms with E-state index in [1.807, 2.05) is 31.7 Å². The summed E-state index contributed by atoms with van der Waals surface area (Å²) in [6.45, 7) is 10.2. The van der Waals surface area contributed by atoms with Crippen molar-refractivity contribution in [3.8, 4) is 0 Å². The van der Waals surface area contributed by atoms with Gasteiger partial charge in [0.2, 0.25) is 0 Å². The van der Waals surface area contributed by atoms with Gasteiger partial charge in [0.1, 0.15) is 9.79 Å². The lowest BCUT2D eigenvalue weighted by molar-refractivity contribution is -0.198. The van der Waals surface area contributed by atoms with Crippen LogP contribution in [0.2, 0.25) is 0 Å². The molecular weight excluding hydrogens is 1520 g/mol. The molecule has 0 saturated carbocycles. The zero-order valence-electron chi connectivity index (χ0n) is 61.1. The lowest BCUT2D eigenvalue weighted by Gasteiger charge is -2.38. The topological polar surface area (TPSA) is 444 Å². The molecule has 108 heavy (non-hydrogen) atoms. The number of hydrogen-bond donors (Lipinski definition) is 5. The summed E-state index contributed by atoms with van der Waals surface area (Å²) in [6.07, 6.45) is 10.3. The molecule has 2 amide bonds. The van der Waals surface area contributed by atoms with E-state index in [1.165, 1.54) is 19.2 Å². The number of amides is 2. The second-order valence-corrected chi connectivity index (χ2v) is 33.2. The minimum absolute atomic E-state index is 0.00317. The Bertz CT molecular complexity index is 4390. The fraction of sp³-hybridized carbons (Fsp3) is 0.586. The van der Waals surface area contributed by atoms with Gasteiger partial charge in [-0.25, -0.2) is 4.79 Å². The van der Waals surface area contributed by atoms with E-state index in [0.29, 0.717) is 84.5 Å². The molecule has 33 nitrogen and oxygen atoms in total. The molecule has 7 rings (SSSR count). The number of carbonyl (C=O) groups excluding carboxylic acids is 3. The second-order valence-electron chi connectivity index (χ2n) is 26.0. The molecule has 5 N–H and O–H groups in total. The molecule has 0 spiro atoms. The van der Waals surface area contributed by atoms with Gasteiger partial charge in [-0.3, -0.25) is 32.4 Å². The van der Waals surface area contributed by atoms with Crippen LogP contribution in [0.25, 0.3) is 21.5 Å². The maximum atomic E-state index is 13.2. The number of benzene rings is 4. The van der Waals surface area contributed by atoms with Gasteiger partial charge in [-0.05, 0) is 109 Å². The van der Waals surface area contributed by atoms with Gasteiger partial charge in [-0.1, -0.05) is 56.7 Å². The molecule has 0 radical (unpaired) electrons. The number of rotatable bonds is 50. The third-order valence-corrected chi connectivity index (χ3v) is 22.8. The molecule has 3 heterocycles. The van der Waals surface area contributed by atoms with Crippen LogP contribution in [0.5, 0.6) is 0 Å². The van der Waals surface area contributed by atoms with Crippen LogP contribution in [0.15, 0.2) is 104 Å². The lowest BCUT2D eigenvalue weighted by atomic mass is 9.66. The van der Waals surface area contributed by atoms with Crippen LogP contribution < -0.4 is 9.80 Å². The van der Waals surface area contributed by atoms with Crippen LogP contribution in [0.3, 0.4) is 0 Å². The molecule has 4 atom stereocenters. The lowest BCUT2D eigenvalue weighted by Crippen LogP contribution is -2.38. The van der Waals surface area contributed by atoms with Crippen molar-refractivity contribution in [3.05, 3.63) is 95.7 Å². The van der Waals surface area contributed by atoms with Crippen LogP contribution in [-0.2, 0) is 133 Å². The zero-order chi connectivity index (χ0) is 78.9. The van der Waals surface area contributed by atoms with Gasteiger partial charge in [0.15, 0.2) is 0 Å². The third-order valence-electron chi connectivity index (χ3n) is 18.6. The highest BCUT2D eigenvalue weighted by atomic mass is 32.2. The first-order valence-corrected chi connectivity index (χ1v) is 42.5. The smallest absolute Gasteiger partial charge is 0.335 e. The molecule has 4 unspecified atom stereocenters. The van der Waals surface area contributed by atoms with Crippen LogP contribution in [0.1, 0.15) is 89.7 Å². The molecule has 3 aliphatic rings. The predicted octanol–water partition coefficient (Wildman–Crippen LogP) is 6.50. The van der Waals surface area contributed by atoms with Crippen molar-refractivity contribution >= 4 is 101 Å². The van der Waals surface area contributed by atoms with Gasteiger partial charge in [-0.15, -0.1) is 5.06 Å². The largest absolute Gasteiger partial charge is 0.383 e. The minimum Gasteiger partial charge on any atom is -0.383 e. The van der Waals surface area contributed by atoms with E-state index in [4.69, 9.17) is 56.9 Å². The summed E-state index contributed by atoms with van der Waals surface area (Å²) in [7, 11) is -22.1. The van der Waals surface area contributed by atoms with Gasteiger partial charge in [0, 0.05) is 91.5 Å². The highest BCUT2D eigenvalue weighted by Crippen LogP contribution is 2.55. The van der Waals surface area contributed by atoms with E-state index >= 15 is 0 Å². The Kier molecular flexibility index (Phi) is 34.2. The van der Waals surface area contributed by atoms with Crippen LogP contribution in [-0.4, -0.2) is 259 Å². The molecule has 4 aromatic carbocycles. The first kappa shape index (κ1) is 89.1. The monoisotopic (exact) mass is 1620 g/mol. The summed E-state index contributed by atoms with van der Waals surface area (Å²) in [6, 6.07) is 9.42. The predicted molar refractivity (Wildman–Crippen MR) is 393 cm³/mol. The first-order chi connectivity index (χ1) is 51.2. The molecule has 604 valence electrons. The fourth-order valence-corrected chi connectivity index (χ4v) is 16.7. The summed E-state index contributed by atoms with van der Waals surface area (Å²) >= 11 is 0. The van der Waals surface area contributed by atoms with E-state index in [2.05, 4.69) is 4.90 Å². The molecular formula is C70H99N3O30S5. The number of hydroxylamine groups is 2.